The lowest BCUT2D eigenvalue weighted by atomic mass is 10.2. The minimum atomic E-state index is -3.68. The van der Waals surface area contributed by atoms with Gasteiger partial charge in [0.15, 0.2) is 0 Å². The summed E-state index contributed by atoms with van der Waals surface area (Å²) in [6.45, 7) is 2.00. The molecule has 0 spiro atoms. The van der Waals surface area contributed by atoms with Crippen LogP contribution in [0.3, 0.4) is 0 Å². The van der Waals surface area contributed by atoms with Crippen LogP contribution in [-0.4, -0.2) is 54.9 Å². The lowest BCUT2D eigenvalue weighted by Gasteiger charge is -2.12. The molecule has 2 N–H and O–H groups in total. The van der Waals surface area contributed by atoms with Gasteiger partial charge in [-0.3, -0.25) is 9.48 Å². The molecular formula is C16H21N5O4S. The van der Waals surface area contributed by atoms with Crippen LogP contribution in [0, 0.1) is 0 Å². The lowest BCUT2D eigenvalue weighted by Crippen LogP contribution is -2.35. The molecule has 26 heavy (non-hydrogen) atoms. The molecule has 140 valence electrons. The van der Waals surface area contributed by atoms with Crippen LogP contribution in [-0.2, 0) is 21.3 Å². The first-order chi connectivity index (χ1) is 12.5. The third kappa shape index (κ3) is 4.87. The fourth-order valence-electron chi connectivity index (χ4n) is 2.61. The number of ether oxygens (including phenoxy) is 1. The van der Waals surface area contributed by atoms with Crippen LogP contribution in [0.5, 0.6) is 0 Å². The maximum Gasteiger partial charge on any atom is 0.251 e. The van der Waals surface area contributed by atoms with Gasteiger partial charge in [0.1, 0.15) is 12.7 Å². The molecule has 9 nitrogen and oxygen atoms in total. The van der Waals surface area contributed by atoms with Crippen LogP contribution < -0.4 is 10.0 Å². The highest BCUT2D eigenvalue weighted by Gasteiger charge is 2.24. The molecule has 0 bridgehead atoms. The number of nitrogens with one attached hydrogen (secondary N) is 2. The molecule has 2 aromatic rings. The van der Waals surface area contributed by atoms with Gasteiger partial charge in [-0.2, -0.15) is 5.10 Å². The van der Waals surface area contributed by atoms with Crippen LogP contribution in [0.15, 0.2) is 41.8 Å². The molecular weight excluding hydrogens is 358 g/mol. The molecule has 1 saturated heterocycles. The van der Waals surface area contributed by atoms with Crippen molar-refractivity contribution in [3.63, 3.8) is 0 Å². The third-order valence-electron chi connectivity index (χ3n) is 3.97. The average Bonchev–Trinajstić information content (AvgIpc) is 3.32. The Morgan fingerprint density at radius 3 is 3.00 bits per heavy atom. The van der Waals surface area contributed by atoms with E-state index in [0.29, 0.717) is 44.7 Å². The largest absolute Gasteiger partial charge is 0.380 e. The summed E-state index contributed by atoms with van der Waals surface area (Å²) in [7, 11) is -3.68. The molecule has 0 saturated carbocycles. The van der Waals surface area contributed by atoms with Crippen LogP contribution in [0.25, 0.3) is 0 Å². The molecule has 0 radical (unpaired) electrons. The predicted molar refractivity (Wildman–Crippen MR) is 93.0 cm³/mol. The van der Waals surface area contributed by atoms with Crippen molar-refractivity contribution in [2.24, 2.45) is 0 Å². The second-order valence-corrected chi connectivity index (χ2v) is 7.69. The summed E-state index contributed by atoms with van der Waals surface area (Å²) >= 11 is 0. The highest BCUT2D eigenvalue weighted by molar-refractivity contribution is 7.89. The van der Waals surface area contributed by atoms with E-state index in [2.05, 4.69) is 20.1 Å². The highest BCUT2D eigenvalue weighted by atomic mass is 32.2. The van der Waals surface area contributed by atoms with Crippen molar-refractivity contribution in [3.05, 3.63) is 42.5 Å². The van der Waals surface area contributed by atoms with Gasteiger partial charge in [0.2, 0.25) is 10.0 Å². The Balaban J connectivity index is 1.56. The van der Waals surface area contributed by atoms with Gasteiger partial charge in [0.05, 0.1) is 11.5 Å². The maximum absolute atomic E-state index is 12.4. The quantitative estimate of drug-likeness (QED) is 0.632. The van der Waals surface area contributed by atoms with E-state index in [1.165, 1.54) is 18.5 Å². The molecule has 1 fully saturated rings. The van der Waals surface area contributed by atoms with E-state index in [1.54, 1.807) is 23.1 Å². The summed E-state index contributed by atoms with van der Waals surface area (Å²) in [5.74, 6) is -0.315. The molecule has 1 aliphatic heterocycles. The van der Waals surface area contributed by atoms with E-state index < -0.39 is 10.0 Å². The second kappa shape index (κ2) is 8.39. The number of hydrogen-bond donors (Lipinski definition) is 2. The topological polar surface area (TPSA) is 115 Å². The fraction of sp³-hybridized carbons (Fsp3) is 0.438. The number of nitrogens with zero attached hydrogens (tertiary/aromatic N) is 3. The summed E-state index contributed by atoms with van der Waals surface area (Å²) in [5, 5.41) is 6.76. The number of rotatable bonds is 8. The molecule has 3 rings (SSSR count). The number of carbonyl (C=O) groups is 1. The third-order valence-corrected chi connectivity index (χ3v) is 5.49. The molecule has 1 aromatic heterocycles. The van der Waals surface area contributed by atoms with Gasteiger partial charge in [-0.1, -0.05) is 6.07 Å². The number of aromatic nitrogens is 3. The number of sulfonamides is 1. The second-order valence-electron chi connectivity index (χ2n) is 5.98. The van der Waals surface area contributed by atoms with E-state index in [1.807, 2.05) is 0 Å². The van der Waals surface area contributed by atoms with E-state index in [-0.39, 0.29) is 16.8 Å². The number of benzene rings is 1. The summed E-state index contributed by atoms with van der Waals surface area (Å²) < 4.78 is 34.3. The number of aryl methyl sites for hydroxylation is 1. The van der Waals surface area contributed by atoms with Crippen LogP contribution in [0.1, 0.15) is 23.2 Å². The molecule has 1 amide bonds. The Bertz CT molecular complexity index is 832. The van der Waals surface area contributed by atoms with Gasteiger partial charge in [0, 0.05) is 31.3 Å². The van der Waals surface area contributed by atoms with Crippen molar-refractivity contribution in [2.75, 3.05) is 19.8 Å². The Kier molecular flexibility index (Phi) is 5.96. The van der Waals surface area contributed by atoms with Crippen LogP contribution in [0.2, 0.25) is 0 Å². The summed E-state index contributed by atoms with van der Waals surface area (Å²) in [6, 6.07) is 5.77. The molecule has 0 aliphatic carbocycles. The SMILES string of the molecule is O=C(NCCCn1cncn1)c1cccc(S(=O)(=O)N[C@@H]2CCOC2)c1. The van der Waals surface area contributed by atoms with Gasteiger partial charge in [-0.05, 0) is 31.0 Å². The first-order valence-corrected chi connectivity index (χ1v) is 9.84. The van der Waals surface area contributed by atoms with Crippen molar-refractivity contribution in [1.29, 1.82) is 0 Å². The average molecular weight is 379 g/mol. The van der Waals surface area contributed by atoms with Gasteiger partial charge >= 0.3 is 0 Å². The normalized spacial score (nSPS) is 17.3. The van der Waals surface area contributed by atoms with Crippen molar-refractivity contribution >= 4 is 15.9 Å². The molecule has 1 aliphatic rings. The van der Waals surface area contributed by atoms with E-state index in [9.17, 15) is 13.2 Å². The minimum Gasteiger partial charge on any atom is -0.380 e. The summed E-state index contributed by atoms with van der Waals surface area (Å²) in [4.78, 5) is 16.2. The van der Waals surface area contributed by atoms with Gasteiger partial charge < -0.3 is 10.1 Å². The fourth-order valence-corrected chi connectivity index (χ4v) is 3.91. The van der Waals surface area contributed by atoms with Crippen molar-refractivity contribution in [3.8, 4) is 0 Å². The minimum absolute atomic E-state index is 0.0691. The van der Waals surface area contributed by atoms with Gasteiger partial charge in [-0.15, -0.1) is 0 Å². The highest BCUT2D eigenvalue weighted by Crippen LogP contribution is 2.14. The van der Waals surface area contributed by atoms with E-state index in [0.717, 1.165) is 0 Å². The molecule has 10 heteroatoms. The Hall–Kier alpha value is -2.30. The van der Waals surface area contributed by atoms with Crippen LogP contribution >= 0.6 is 0 Å². The van der Waals surface area contributed by atoms with Crippen molar-refractivity contribution in [2.45, 2.75) is 30.3 Å². The number of amides is 1. The molecule has 1 atom stereocenters. The first kappa shape index (κ1) is 18.5. The predicted octanol–water partition coefficient (Wildman–Crippen LogP) is 0.165. The van der Waals surface area contributed by atoms with Gasteiger partial charge in [0.25, 0.3) is 5.91 Å². The molecule has 2 heterocycles. The van der Waals surface area contributed by atoms with Crippen molar-refractivity contribution < 1.29 is 17.9 Å². The maximum atomic E-state index is 12.4. The Morgan fingerprint density at radius 1 is 1.38 bits per heavy atom. The molecule has 0 unspecified atom stereocenters. The van der Waals surface area contributed by atoms with Crippen LogP contribution in [0.4, 0.5) is 0 Å². The van der Waals surface area contributed by atoms with E-state index >= 15 is 0 Å². The summed E-state index contributed by atoms with van der Waals surface area (Å²) in [5.41, 5.74) is 0.302. The van der Waals surface area contributed by atoms with Gasteiger partial charge in [-0.25, -0.2) is 18.1 Å². The standard InChI is InChI=1S/C16H21N5O4S/c22-16(18-6-2-7-21-12-17-11-19-21)13-3-1-4-15(9-13)26(23,24)20-14-5-8-25-10-14/h1,3-4,9,11-12,14,20H,2,5-8,10H2,(H,18,22)/t14-/m1/s1. The Labute approximate surface area is 151 Å². The van der Waals surface area contributed by atoms with E-state index in [4.69, 9.17) is 4.74 Å². The molecule has 1 aromatic carbocycles. The summed E-state index contributed by atoms with van der Waals surface area (Å²) in [6.07, 6.45) is 4.40. The Morgan fingerprint density at radius 2 is 2.27 bits per heavy atom. The smallest absolute Gasteiger partial charge is 0.251 e. The zero-order valence-corrected chi connectivity index (χ0v) is 15.0. The number of hydrogen-bond acceptors (Lipinski definition) is 6. The zero-order chi connectivity index (χ0) is 18.4. The van der Waals surface area contributed by atoms with Crippen molar-refractivity contribution in [1.82, 2.24) is 24.8 Å². The first-order valence-electron chi connectivity index (χ1n) is 8.35. The number of carbonyl (C=O) groups excluding carboxylic acids is 1. The monoisotopic (exact) mass is 379 g/mol. The lowest BCUT2D eigenvalue weighted by molar-refractivity contribution is 0.0952. The zero-order valence-electron chi connectivity index (χ0n) is 14.2.